The number of hydrogen-bond donors (Lipinski definition) is 0. The Morgan fingerprint density at radius 2 is 1.92 bits per heavy atom. The molecule has 0 N–H and O–H groups in total. The first kappa shape index (κ1) is 12.5. The lowest BCUT2D eigenvalue weighted by molar-refractivity contribution is -0.139. The zero-order chi connectivity index (χ0) is 10.1. The molecule has 76 valence electrons. The summed E-state index contributed by atoms with van der Waals surface area (Å²) in [7, 11) is 0. The van der Waals surface area contributed by atoms with Gasteiger partial charge in [0.25, 0.3) is 0 Å². The topological polar surface area (TPSA) is 26.3 Å². The van der Waals surface area contributed by atoms with Crippen LogP contribution in [0.3, 0.4) is 0 Å². The number of hydrogen-bond acceptors (Lipinski definition) is 2. The van der Waals surface area contributed by atoms with Gasteiger partial charge in [-0.1, -0.05) is 19.4 Å². The van der Waals surface area contributed by atoms with Crippen LogP contribution in [-0.2, 0) is 9.53 Å². The van der Waals surface area contributed by atoms with Gasteiger partial charge in [0.2, 0.25) is 0 Å². The lowest BCUT2D eigenvalue weighted by Crippen LogP contribution is -2.05. The van der Waals surface area contributed by atoms with Crippen molar-refractivity contribution in [2.24, 2.45) is 0 Å². The molecule has 2 nitrogen and oxygen atoms in total. The fourth-order valence-corrected chi connectivity index (χ4v) is 1.03. The summed E-state index contributed by atoms with van der Waals surface area (Å²) in [4.78, 5) is 10.9. The number of rotatable bonds is 7. The van der Waals surface area contributed by atoms with Gasteiger partial charge in [-0.3, -0.25) is 0 Å². The second kappa shape index (κ2) is 8.11. The van der Waals surface area contributed by atoms with Gasteiger partial charge in [0.15, 0.2) is 0 Å². The lowest BCUT2D eigenvalue weighted by Gasteiger charge is -2.03. The Balaban J connectivity index is 3.16. The highest BCUT2D eigenvalue weighted by Gasteiger charge is 2.01. The van der Waals surface area contributed by atoms with E-state index in [4.69, 9.17) is 16.3 Å². The number of unbranched alkanes of at least 4 members (excludes halogenated alkanes) is 3. The van der Waals surface area contributed by atoms with E-state index >= 15 is 0 Å². The van der Waals surface area contributed by atoms with Gasteiger partial charge in [0.05, 0.1) is 6.61 Å². The number of alkyl halides is 1. The molecule has 0 radical (unpaired) electrons. The van der Waals surface area contributed by atoms with Crippen LogP contribution in [0, 0.1) is 0 Å². The van der Waals surface area contributed by atoms with Gasteiger partial charge in [-0.05, 0) is 19.8 Å². The Hall–Kier alpha value is -0.500. The average Bonchev–Trinajstić information content (AvgIpc) is 2.10. The Labute approximate surface area is 84.9 Å². The number of ether oxygens (including phenoxy) is 1. The van der Waals surface area contributed by atoms with Crippen LogP contribution in [0.1, 0.15) is 32.6 Å². The molecule has 0 heterocycles. The van der Waals surface area contributed by atoms with E-state index in [0.29, 0.717) is 18.1 Å². The van der Waals surface area contributed by atoms with E-state index in [1.165, 1.54) is 0 Å². The van der Waals surface area contributed by atoms with Crippen molar-refractivity contribution in [3.63, 3.8) is 0 Å². The molecule has 0 aromatic heterocycles. The minimum Gasteiger partial charge on any atom is -0.462 e. The standard InChI is InChI=1S/C10H17ClO2/c1-9(2)10(12)13-8-6-4-3-5-7-11/h1,3-8H2,2H3. The van der Waals surface area contributed by atoms with Crippen molar-refractivity contribution in [2.45, 2.75) is 32.6 Å². The first-order valence-corrected chi connectivity index (χ1v) is 5.10. The second-order valence-corrected chi connectivity index (χ2v) is 3.40. The van der Waals surface area contributed by atoms with Gasteiger partial charge in [0.1, 0.15) is 0 Å². The zero-order valence-electron chi connectivity index (χ0n) is 8.14. The maximum atomic E-state index is 10.9. The maximum Gasteiger partial charge on any atom is 0.333 e. The van der Waals surface area contributed by atoms with Crippen LogP contribution >= 0.6 is 11.6 Å². The summed E-state index contributed by atoms with van der Waals surface area (Å²) in [6, 6.07) is 0. The van der Waals surface area contributed by atoms with E-state index < -0.39 is 0 Å². The summed E-state index contributed by atoms with van der Waals surface area (Å²) in [5.74, 6) is 0.420. The minimum atomic E-state index is -0.294. The molecule has 0 fully saturated rings. The Bertz CT molecular complexity index is 166. The molecule has 0 rings (SSSR count). The van der Waals surface area contributed by atoms with E-state index in [0.717, 1.165) is 25.7 Å². The number of halogens is 1. The maximum absolute atomic E-state index is 10.9. The molecule has 0 aromatic carbocycles. The third kappa shape index (κ3) is 7.85. The molecule has 0 aliphatic heterocycles. The zero-order valence-corrected chi connectivity index (χ0v) is 8.90. The van der Waals surface area contributed by atoms with Gasteiger partial charge in [0, 0.05) is 11.5 Å². The fourth-order valence-electron chi connectivity index (χ4n) is 0.838. The quantitative estimate of drug-likeness (QED) is 0.276. The molecular weight excluding hydrogens is 188 g/mol. The summed E-state index contributed by atoms with van der Waals surface area (Å²) in [5, 5.41) is 0. The second-order valence-electron chi connectivity index (χ2n) is 3.02. The monoisotopic (exact) mass is 204 g/mol. The fraction of sp³-hybridized carbons (Fsp3) is 0.700. The molecule has 0 saturated carbocycles. The van der Waals surface area contributed by atoms with E-state index in [1.807, 2.05) is 0 Å². The van der Waals surface area contributed by atoms with Gasteiger partial charge in [-0.2, -0.15) is 0 Å². The Morgan fingerprint density at radius 1 is 1.31 bits per heavy atom. The molecule has 0 bridgehead atoms. The first-order valence-electron chi connectivity index (χ1n) is 4.57. The molecule has 0 atom stereocenters. The Morgan fingerprint density at radius 3 is 2.46 bits per heavy atom. The smallest absolute Gasteiger partial charge is 0.333 e. The van der Waals surface area contributed by atoms with Crippen molar-refractivity contribution in [2.75, 3.05) is 12.5 Å². The summed E-state index contributed by atoms with van der Waals surface area (Å²) >= 11 is 5.51. The predicted octanol–water partition coefficient (Wildman–Crippen LogP) is 2.90. The summed E-state index contributed by atoms with van der Waals surface area (Å²) in [6.45, 7) is 5.63. The van der Waals surface area contributed by atoms with Crippen LogP contribution in [0.5, 0.6) is 0 Å². The van der Waals surface area contributed by atoms with Gasteiger partial charge >= 0.3 is 5.97 Å². The molecule has 0 aliphatic carbocycles. The van der Waals surface area contributed by atoms with Gasteiger partial charge in [-0.25, -0.2) is 4.79 Å². The molecule has 0 amide bonds. The van der Waals surface area contributed by atoms with Crippen molar-refractivity contribution >= 4 is 17.6 Å². The lowest BCUT2D eigenvalue weighted by atomic mass is 10.2. The third-order valence-corrected chi connectivity index (χ3v) is 1.88. The highest BCUT2D eigenvalue weighted by molar-refractivity contribution is 6.17. The van der Waals surface area contributed by atoms with Crippen LogP contribution in [0.25, 0.3) is 0 Å². The first-order chi connectivity index (χ1) is 6.18. The number of esters is 1. The number of carbonyl (C=O) groups is 1. The largest absolute Gasteiger partial charge is 0.462 e. The average molecular weight is 205 g/mol. The molecule has 0 spiro atoms. The molecule has 0 aromatic rings. The van der Waals surface area contributed by atoms with Crippen LogP contribution in [0.4, 0.5) is 0 Å². The summed E-state index contributed by atoms with van der Waals surface area (Å²) in [6.07, 6.45) is 4.12. The molecular formula is C10H17ClO2. The van der Waals surface area contributed by atoms with Gasteiger partial charge < -0.3 is 4.74 Å². The van der Waals surface area contributed by atoms with Crippen LogP contribution < -0.4 is 0 Å². The summed E-state index contributed by atoms with van der Waals surface area (Å²) in [5.41, 5.74) is 0.459. The van der Waals surface area contributed by atoms with Gasteiger partial charge in [-0.15, -0.1) is 11.6 Å². The van der Waals surface area contributed by atoms with Crippen molar-refractivity contribution in [3.8, 4) is 0 Å². The molecule has 3 heteroatoms. The van der Waals surface area contributed by atoms with Crippen molar-refractivity contribution in [3.05, 3.63) is 12.2 Å². The molecule has 13 heavy (non-hydrogen) atoms. The van der Waals surface area contributed by atoms with Crippen LogP contribution in [-0.4, -0.2) is 18.5 Å². The van der Waals surface area contributed by atoms with Crippen LogP contribution in [0.15, 0.2) is 12.2 Å². The molecule has 0 aliphatic rings. The highest BCUT2D eigenvalue weighted by atomic mass is 35.5. The van der Waals surface area contributed by atoms with E-state index in [9.17, 15) is 4.79 Å². The highest BCUT2D eigenvalue weighted by Crippen LogP contribution is 2.02. The third-order valence-electron chi connectivity index (χ3n) is 1.61. The van der Waals surface area contributed by atoms with E-state index in [2.05, 4.69) is 6.58 Å². The van der Waals surface area contributed by atoms with Crippen LogP contribution in [0.2, 0.25) is 0 Å². The minimum absolute atomic E-state index is 0.294. The van der Waals surface area contributed by atoms with Crippen molar-refractivity contribution in [1.29, 1.82) is 0 Å². The Kier molecular flexibility index (Phi) is 7.80. The van der Waals surface area contributed by atoms with Crippen molar-refractivity contribution < 1.29 is 9.53 Å². The van der Waals surface area contributed by atoms with Crippen molar-refractivity contribution in [1.82, 2.24) is 0 Å². The molecule has 0 unspecified atom stereocenters. The SMILES string of the molecule is C=C(C)C(=O)OCCCCCCCl. The number of carbonyl (C=O) groups excluding carboxylic acids is 1. The van der Waals surface area contributed by atoms with E-state index in [-0.39, 0.29) is 5.97 Å². The normalized spacial score (nSPS) is 9.69. The molecule has 0 saturated heterocycles. The predicted molar refractivity (Wildman–Crippen MR) is 55.0 cm³/mol. The van der Waals surface area contributed by atoms with E-state index in [1.54, 1.807) is 6.92 Å². The summed E-state index contributed by atoms with van der Waals surface area (Å²) < 4.78 is 4.91.